The van der Waals surface area contributed by atoms with Gasteiger partial charge in [-0.3, -0.25) is 0 Å². The molecule has 0 N–H and O–H groups in total. The molecule has 9 heavy (non-hydrogen) atoms. The zero-order valence-electron chi connectivity index (χ0n) is 5.29. The van der Waals surface area contributed by atoms with Crippen LogP contribution in [0.15, 0.2) is 24.3 Å². The van der Waals surface area contributed by atoms with Gasteiger partial charge in [-0.2, -0.15) is 0 Å². The zero-order valence-corrected chi connectivity index (χ0v) is 11.4. The van der Waals surface area contributed by atoms with Crippen LogP contribution in [0.1, 0.15) is 0 Å². The van der Waals surface area contributed by atoms with Gasteiger partial charge in [0.2, 0.25) is 0 Å². The molecule has 0 saturated carbocycles. The number of hydrogen-bond donors (Lipinski definition) is 0. The molecule has 1 aromatic carbocycles. The first-order valence-electron chi connectivity index (χ1n) is 2.31. The van der Waals surface area contributed by atoms with E-state index in [1.807, 2.05) is 0 Å². The molecule has 0 aliphatic heterocycles. The Bertz CT molecular complexity index is 152. The normalized spacial score (nSPS) is 8.11. The van der Waals surface area contributed by atoms with Gasteiger partial charge in [-0.25, -0.2) is 0 Å². The minimum Gasteiger partial charge on any atom is -0.872 e. The fraction of sp³-hybridized carbons (Fsp3) is 0. The molecule has 0 saturated heterocycles. The summed E-state index contributed by atoms with van der Waals surface area (Å²) in [6.07, 6.45) is 0. The Morgan fingerprint density at radius 2 is 1.56 bits per heavy atom. The van der Waals surface area contributed by atoms with Crippen LogP contribution in [0.5, 0.6) is 5.75 Å². The van der Waals surface area contributed by atoms with Crippen LogP contribution in [0, 0.1) is 0 Å². The van der Waals surface area contributed by atoms with Crippen LogP contribution < -0.4 is 68.6 Å². The summed E-state index contributed by atoms with van der Waals surface area (Å²) >= 11 is 0. The SMILES string of the molecule is [O-]c1ccc(P)cc1.[Rb+]. The molecular formula is C6H6OPRb. The van der Waals surface area contributed by atoms with E-state index in [1.54, 1.807) is 24.3 Å². The summed E-state index contributed by atoms with van der Waals surface area (Å²) in [4.78, 5) is 0. The molecule has 1 rings (SSSR count). The number of hydrogen-bond acceptors (Lipinski definition) is 1. The molecule has 0 fully saturated rings. The summed E-state index contributed by atoms with van der Waals surface area (Å²) in [6, 6.07) is 6.63. The standard InChI is InChI=1S/C6H7OP.Rb/c7-5-1-3-6(8)4-2-5;/h1-4,7H,8H2;/q;+1/p-1. The maximum absolute atomic E-state index is 10.4. The topological polar surface area (TPSA) is 23.1 Å². The largest absolute Gasteiger partial charge is 1.00 e. The average Bonchev–Trinajstić information content (AvgIpc) is 1.77. The smallest absolute Gasteiger partial charge is 0.872 e. The van der Waals surface area contributed by atoms with Crippen molar-refractivity contribution in [1.29, 1.82) is 0 Å². The molecule has 1 nitrogen and oxygen atoms in total. The monoisotopic (exact) mass is 210 g/mol. The van der Waals surface area contributed by atoms with Gasteiger partial charge < -0.3 is 5.11 Å². The molecular weight excluding hydrogens is 205 g/mol. The van der Waals surface area contributed by atoms with Crippen LogP contribution in [-0.4, -0.2) is 0 Å². The van der Waals surface area contributed by atoms with Gasteiger partial charge in [-0.1, -0.05) is 24.3 Å². The van der Waals surface area contributed by atoms with Crippen molar-refractivity contribution < 1.29 is 63.3 Å². The van der Waals surface area contributed by atoms with Crippen LogP contribution >= 0.6 is 9.24 Å². The van der Waals surface area contributed by atoms with Gasteiger partial charge in [0.25, 0.3) is 0 Å². The quantitative estimate of drug-likeness (QED) is 0.427. The fourth-order valence-electron chi connectivity index (χ4n) is 0.468. The minimum atomic E-state index is 0. The van der Waals surface area contributed by atoms with Crippen LogP contribution in [0.3, 0.4) is 0 Å². The van der Waals surface area contributed by atoms with E-state index in [1.165, 1.54) is 0 Å². The van der Waals surface area contributed by atoms with E-state index in [0.717, 1.165) is 5.30 Å². The van der Waals surface area contributed by atoms with E-state index in [2.05, 4.69) is 9.24 Å². The summed E-state index contributed by atoms with van der Waals surface area (Å²) in [6.45, 7) is 0. The summed E-state index contributed by atoms with van der Waals surface area (Å²) in [7, 11) is 2.51. The van der Waals surface area contributed by atoms with E-state index in [9.17, 15) is 5.11 Å². The fourth-order valence-corrected chi connectivity index (χ4v) is 0.660. The number of benzene rings is 1. The minimum absolute atomic E-state index is 0. The second-order valence-corrected chi connectivity index (χ2v) is 2.24. The van der Waals surface area contributed by atoms with Crippen molar-refractivity contribution in [2.45, 2.75) is 0 Å². The molecule has 0 aliphatic carbocycles. The molecule has 0 heterocycles. The van der Waals surface area contributed by atoms with Crippen molar-refractivity contribution in [2.75, 3.05) is 0 Å². The molecule has 0 amide bonds. The van der Waals surface area contributed by atoms with Gasteiger partial charge in [-0.15, -0.1) is 15.0 Å². The first-order chi connectivity index (χ1) is 3.79. The van der Waals surface area contributed by atoms with E-state index in [4.69, 9.17) is 0 Å². The van der Waals surface area contributed by atoms with Gasteiger partial charge in [-0.05, 0) is 5.30 Å². The van der Waals surface area contributed by atoms with Gasteiger partial charge in [0.15, 0.2) is 0 Å². The second kappa shape index (κ2) is 4.98. The van der Waals surface area contributed by atoms with E-state index < -0.39 is 0 Å². The molecule has 1 aromatic rings. The number of rotatable bonds is 0. The zero-order chi connectivity index (χ0) is 5.98. The van der Waals surface area contributed by atoms with Crippen molar-refractivity contribution in [3.63, 3.8) is 0 Å². The van der Waals surface area contributed by atoms with Crippen molar-refractivity contribution >= 4 is 14.5 Å². The Labute approximate surface area is 106 Å². The molecule has 0 aliphatic rings. The average molecular weight is 211 g/mol. The van der Waals surface area contributed by atoms with Crippen LogP contribution in [-0.2, 0) is 0 Å². The third-order valence-corrected chi connectivity index (χ3v) is 1.26. The Hall–Kier alpha value is 1.26. The first kappa shape index (κ1) is 10.3. The summed E-state index contributed by atoms with van der Waals surface area (Å²) < 4.78 is 0. The molecule has 3 heteroatoms. The first-order valence-corrected chi connectivity index (χ1v) is 2.89. The maximum Gasteiger partial charge on any atom is 1.00 e. The van der Waals surface area contributed by atoms with Gasteiger partial charge in [0.05, 0.1) is 0 Å². The van der Waals surface area contributed by atoms with E-state index in [-0.39, 0.29) is 63.9 Å². The summed E-state index contributed by atoms with van der Waals surface area (Å²) in [5, 5.41) is 11.5. The van der Waals surface area contributed by atoms with Crippen LogP contribution in [0.25, 0.3) is 0 Å². The maximum atomic E-state index is 10.4. The Balaban J connectivity index is 0.000000640. The third-order valence-electron chi connectivity index (χ3n) is 0.880. The molecule has 0 spiro atoms. The van der Waals surface area contributed by atoms with Gasteiger partial charge in [0.1, 0.15) is 0 Å². The van der Waals surface area contributed by atoms with Crippen molar-refractivity contribution in [1.82, 2.24) is 0 Å². The van der Waals surface area contributed by atoms with Crippen molar-refractivity contribution in [3.8, 4) is 5.75 Å². The third kappa shape index (κ3) is 3.85. The molecule has 42 valence electrons. The predicted molar refractivity (Wildman–Crippen MR) is 35.2 cm³/mol. The van der Waals surface area contributed by atoms with Crippen LogP contribution in [0.4, 0.5) is 0 Å². The van der Waals surface area contributed by atoms with Crippen LogP contribution in [0.2, 0.25) is 0 Å². The van der Waals surface area contributed by atoms with Crippen molar-refractivity contribution in [2.24, 2.45) is 0 Å². The van der Waals surface area contributed by atoms with E-state index >= 15 is 0 Å². The summed E-state index contributed by atoms with van der Waals surface area (Å²) in [5.74, 6) is 0.0659. The van der Waals surface area contributed by atoms with Gasteiger partial charge >= 0.3 is 58.2 Å². The van der Waals surface area contributed by atoms with Crippen molar-refractivity contribution in [3.05, 3.63) is 24.3 Å². The Morgan fingerprint density at radius 1 is 1.11 bits per heavy atom. The van der Waals surface area contributed by atoms with Gasteiger partial charge in [0, 0.05) is 0 Å². The Kier molecular flexibility index (Phi) is 5.67. The molecule has 1 unspecified atom stereocenters. The second-order valence-electron chi connectivity index (χ2n) is 1.57. The predicted octanol–water partition coefficient (Wildman–Crippen LogP) is -2.74. The van der Waals surface area contributed by atoms with E-state index in [0.29, 0.717) is 0 Å². The molecule has 0 aromatic heterocycles. The molecule has 0 bridgehead atoms. The Morgan fingerprint density at radius 3 is 1.89 bits per heavy atom. The summed E-state index contributed by atoms with van der Waals surface area (Å²) in [5.41, 5.74) is 0. The molecule has 1 atom stereocenters. The molecule has 0 radical (unpaired) electrons.